The van der Waals surface area contributed by atoms with Crippen molar-refractivity contribution in [2.24, 2.45) is 10.5 Å². The minimum atomic E-state index is -0.400. The number of carbonyl (C=O) groups is 1. The van der Waals surface area contributed by atoms with Crippen LogP contribution in [0.1, 0.15) is 52.2 Å². The number of hydrogen-bond acceptors (Lipinski definition) is 5. The van der Waals surface area contributed by atoms with Gasteiger partial charge in [0.05, 0.1) is 22.3 Å². The molecule has 32 heavy (non-hydrogen) atoms. The molecule has 0 aromatic heterocycles. The van der Waals surface area contributed by atoms with Crippen molar-refractivity contribution in [3.63, 3.8) is 0 Å². The molecular weight excluding hydrogens is 540 g/mol. The second kappa shape index (κ2) is 10.7. The van der Waals surface area contributed by atoms with Gasteiger partial charge in [-0.3, -0.25) is 4.79 Å². The SMILES string of the molecule is COc1cc(/C=N/NC(=O)COc2c(Br)cc(C(C)(C)CC(C)(C)C)cc2Br)ccc1O. The number of nitrogens with one attached hydrogen (secondary N) is 1. The zero-order valence-electron chi connectivity index (χ0n) is 19.3. The van der Waals surface area contributed by atoms with Crippen molar-refractivity contribution in [1.82, 2.24) is 5.43 Å². The summed E-state index contributed by atoms with van der Waals surface area (Å²) in [4.78, 5) is 12.1. The van der Waals surface area contributed by atoms with E-state index in [1.54, 1.807) is 12.1 Å². The first kappa shape index (κ1) is 26.2. The molecule has 2 aromatic rings. The quantitative estimate of drug-likeness (QED) is 0.294. The first-order chi connectivity index (χ1) is 14.8. The van der Waals surface area contributed by atoms with Gasteiger partial charge in [-0.05, 0) is 90.6 Å². The number of benzene rings is 2. The summed E-state index contributed by atoms with van der Waals surface area (Å²) in [7, 11) is 1.46. The molecule has 2 N–H and O–H groups in total. The van der Waals surface area contributed by atoms with Gasteiger partial charge in [0.15, 0.2) is 18.1 Å². The Morgan fingerprint density at radius 2 is 1.75 bits per heavy atom. The van der Waals surface area contributed by atoms with E-state index in [-0.39, 0.29) is 23.2 Å². The van der Waals surface area contributed by atoms with Crippen LogP contribution in [0.15, 0.2) is 44.4 Å². The highest BCUT2D eigenvalue weighted by molar-refractivity contribution is 9.11. The third kappa shape index (κ3) is 7.52. The van der Waals surface area contributed by atoms with Crippen molar-refractivity contribution in [1.29, 1.82) is 0 Å². The van der Waals surface area contributed by atoms with Gasteiger partial charge in [0.1, 0.15) is 5.75 Å². The van der Waals surface area contributed by atoms with Crippen molar-refractivity contribution in [2.45, 2.75) is 46.5 Å². The van der Waals surface area contributed by atoms with E-state index in [2.05, 4.69) is 77.0 Å². The molecule has 2 aromatic carbocycles. The van der Waals surface area contributed by atoms with E-state index in [1.807, 2.05) is 12.1 Å². The normalized spacial score (nSPS) is 12.1. The Balaban J connectivity index is 2.00. The Morgan fingerprint density at radius 1 is 1.12 bits per heavy atom. The van der Waals surface area contributed by atoms with Crippen LogP contribution in [0.4, 0.5) is 0 Å². The minimum Gasteiger partial charge on any atom is -0.504 e. The minimum absolute atomic E-state index is 0.0230. The lowest BCUT2D eigenvalue weighted by molar-refractivity contribution is -0.123. The van der Waals surface area contributed by atoms with Crippen LogP contribution < -0.4 is 14.9 Å². The van der Waals surface area contributed by atoms with E-state index in [4.69, 9.17) is 9.47 Å². The summed E-state index contributed by atoms with van der Waals surface area (Å²) in [5, 5.41) is 13.5. The Labute approximate surface area is 206 Å². The van der Waals surface area contributed by atoms with Gasteiger partial charge < -0.3 is 14.6 Å². The second-order valence-corrected chi connectivity index (χ2v) is 11.1. The second-order valence-electron chi connectivity index (χ2n) is 9.40. The molecular formula is C24H30Br2N2O4. The van der Waals surface area contributed by atoms with Gasteiger partial charge >= 0.3 is 0 Å². The van der Waals surface area contributed by atoms with Crippen LogP contribution in [0.5, 0.6) is 17.2 Å². The topological polar surface area (TPSA) is 80.2 Å². The van der Waals surface area contributed by atoms with Crippen molar-refractivity contribution < 1.29 is 19.4 Å². The predicted octanol–water partition coefficient (Wildman–Crippen LogP) is 6.17. The molecule has 0 aliphatic heterocycles. The number of carbonyl (C=O) groups excluding carboxylic acids is 1. The average molecular weight is 570 g/mol. The molecule has 0 radical (unpaired) electrons. The number of ether oxygens (including phenoxy) is 2. The highest BCUT2D eigenvalue weighted by Crippen LogP contribution is 2.42. The number of methoxy groups -OCH3 is 1. The Kier molecular flexibility index (Phi) is 8.76. The predicted molar refractivity (Wildman–Crippen MR) is 135 cm³/mol. The van der Waals surface area contributed by atoms with E-state index < -0.39 is 5.91 Å². The lowest BCUT2D eigenvalue weighted by atomic mass is 9.72. The van der Waals surface area contributed by atoms with Crippen LogP contribution >= 0.6 is 31.9 Å². The molecule has 0 heterocycles. The largest absolute Gasteiger partial charge is 0.504 e. The average Bonchev–Trinajstić information content (AvgIpc) is 2.66. The molecule has 0 saturated heterocycles. The fraction of sp³-hybridized carbons (Fsp3) is 0.417. The van der Waals surface area contributed by atoms with Gasteiger partial charge in [-0.1, -0.05) is 34.6 Å². The fourth-order valence-electron chi connectivity index (χ4n) is 3.64. The van der Waals surface area contributed by atoms with Crippen LogP contribution in [0.25, 0.3) is 0 Å². The lowest BCUT2D eigenvalue weighted by Crippen LogP contribution is -2.26. The number of hydrazone groups is 1. The number of rotatable bonds is 8. The van der Waals surface area contributed by atoms with E-state index in [9.17, 15) is 9.90 Å². The van der Waals surface area contributed by atoms with E-state index in [0.29, 0.717) is 17.1 Å². The zero-order valence-corrected chi connectivity index (χ0v) is 22.4. The smallest absolute Gasteiger partial charge is 0.277 e. The molecule has 6 nitrogen and oxygen atoms in total. The molecule has 1 amide bonds. The molecule has 2 rings (SSSR count). The number of nitrogens with zero attached hydrogens (tertiary/aromatic N) is 1. The Hall–Kier alpha value is -2.06. The van der Waals surface area contributed by atoms with Crippen molar-refractivity contribution in [3.8, 4) is 17.2 Å². The monoisotopic (exact) mass is 568 g/mol. The summed E-state index contributed by atoms with van der Waals surface area (Å²) in [6, 6.07) is 8.84. The summed E-state index contributed by atoms with van der Waals surface area (Å²) < 4.78 is 12.3. The molecule has 0 spiro atoms. The summed E-state index contributed by atoms with van der Waals surface area (Å²) in [5.41, 5.74) is 4.44. The molecule has 0 unspecified atom stereocenters. The third-order valence-electron chi connectivity index (χ3n) is 4.71. The molecule has 174 valence electrons. The summed E-state index contributed by atoms with van der Waals surface area (Å²) in [5.74, 6) is 0.518. The van der Waals surface area contributed by atoms with Gasteiger partial charge in [-0.25, -0.2) is 5.43 Å². The standard InChI is InChI=1S/C24H30Br2N2O4/c1-23(2,3)14-24(4,5)16-10-17(25)22(18(26)11-16)32-13-21(30)28-27-12-15-7-8-19(29)20(9-15)31-6/h7-12,29H,13-14H2,1-6H3,(H,28,30)/b27-12+. The number of amides is 1. The number of aromatic hydroxyl groups is 1. The van der Waals surface area contributed by atoms with Crippen LogP contribution in [-0.2, 0) is 10.2 Å². The lowest BCUT2D eigenvalue weighted by Gasteiger charge is -2.33. The Morgan fingerprint density at radius 3 is 2.31 bits per heavy atom. The van der Waals surface area contributed by atoms with Gasteiger partial charge in [-0.15, -0.1) is 0 Å². The molecule has 0 aliphatic rings. The van der Waals surface area contributed by atoms with Crippen molar-refractivity contribution in [2.75, 3.05) is 13.7 Å². The van der Waals surface area contributed by atoms with Gasteiger partial charge in [0, 0.05) is 0 Å². The molecule has 0 bridgehead atoms. The molecule has 0 atom stereocenters. The van der Waals surface area contributed by atoms with Crippen LogP contribution in [-0.4, -0.2) is 30.9 Å². The van der Waals surface area contributed by atoms with Gasteiger partial charge in [-0.2, -0.15) is 5.10 Å². The first-order valence-corrected chi connectivity index (χ1v) is 11.7. The maximum Gasteiger partial charge on any atom is 0.277 e. The van der Waals surface area contributed by atoms with Crippen LogP contribution in [0, 0.1) is 5.41 Å². The molecule has 0 fully saturated rings. The van der Waals surface area contributed by atoms with Gasteiger partial charge in [0.2, 0.25) is 0 Å². The van der Waals surface area contributed by atoms with E-state index in [0.717, 1.165) is 15.4 Å². The summed E-state index contributed by atoms with van der Waals surface area (Å²) in [6.45, 7) is 10.9. The molecule has 0 saturated carbocycles. The number of hydrogen-bond donors (Lipinski definition) is 2. The number of halogens is 2. The molecule has 8 heteroatoms. The molecule has 0 aliphatic carbocycles. The summed E-state index contributed by atoms with van der Waals surface area (Å²) in [6.07, 6.45) is 2.48. The van der Waals surface area contributed by atoms with Crippen LogP contribution in [0.2, 0.25) is 0 Å². The Bertz CT molecular complexity index is 975. The number of phenols is 1. The fourth-order valence-corrected chi connectivity index (χ4v) is 5.06. The van der Waals surface area contributed by atoms with Crippen LogP contribution in [0.3, 0.4) is 0 Å². The van der Waals surface area contributed by atoms with E-state index in [1.165, 1.54) is 25.0 Å². The van der Waals surface area contributed by atoms with Crippen molar-refractivity contribution >= 4 is 44.0 Å². The maximum atomic E-state index is 12.1. The highest BCUT2D eigenvalue weighted by atomic mass is 79.9. The van der Waals surface area contributed by atoms with Gasteiger partial charge in [0.25, 0.3) is 5.91 Å². The maximum absolute atomic E-state index is 12.1. The summed E-state index contributed by atoms with van der Waals surface area (Å²) >= 11 is 7.15. The third-order valence-corrected chi connectivity index (χ3v) is 5.88. The number of phenolic OH excluding ortho intramolecular Hbond substituents is 1. The van der Waals surface area contributed by atoms with Crippen molar-refractivity contribution in [3.05, 3.63) is 50.4 Å². The first-order valence-electron chi connectivity index (χ1n) is 10.1. The highest BCUT2D eigenvalue weighted by Gasteiger charge is 2.28. The zero-order chi connectivity index (χ0) is 24.1. The van der Waals surface area contributed by atoms with E-state index >= 15 is 0 Å².